The summed E-state index contributed by atoms with van der Waals surface area (Å²) in [6, 6.07) is 9.69. The van der Waals surface area contributed by atoms with Crippen LogP contribution in [-0.2, 0) is 36.8 Å². The summed E-state index contributed by atoms with van der Waals surface area (Å²) in [4.78, 5) is 62.2. The molecule has 0 fully saturated rings. The van der Waals surface area contributed by atoms with E-state index in [1.54, 1.807) is 44.2 Å². The first-order valence-corrected chi connectivity index (χ1v) is 12.8. The number of aliphatic carboxylic acids is 2. The minimum atomic E-state index is -1.35. The van der Waals surface area contributed by atoms with Crippen molar-refractivity contribution in [1.82, 2.24) is 16.0 Å². The van der Waals surface area contributed by atoms with Crippen LogP contribution in [0.4, 0.5) is 0 Å². The largest absolute Gasteiger partial charge is 0.508 e. The summed E-state index contributed by atoms with van der Waals surface area (Å²) in [5.74, 6) is -4.98. The van der Waals surface area contributed by atoms with Gasteiger partial charge in [0.15, 0.2) is 0 Å². The average molecular weight is 557 g/mol. The SMILES string of the molecule is CC(C)C(N)C(=O)NC(CCC(=O)O)C(=O)NC(Cc1ccccc1)C(=O)NC(Cc1ccc(O)cc1)C(=O)O. The number of nitrogens with one attached hydrogen (secondary N) is 3. The number of phenolic OH excluding ortho intramolecular Hbond substituents is 1. The van der Waals surface area contributed by atoms with E-state index in [1.165, 1.54) is 24.3 Å². The molecule has 0 heterocycles. The highest BCUT2D eigenvalue weighted by Crippen LogP contribution is 2.12. The van der Waals surface area contributed by atoms with Crippen LogP contribution in [0.3, 0.4) is 0 Å². The first-order chi connectivity index (χ1) is 18.9. The van der Waals surface area contributed by atoms with Crippen LogP contribution in [0.25, 0.3) is 0 Å². The predicted octanol–water partition coefficient (Wildman–Crippen LogP) is 0.565. The highest BCUT2D eigenvalue weighted by atomic mass is 16.4. The van der Waals surface area contributed by atoms with E-state index in [1.807, 2.05) is 0 Å². The van der Waals surface area contributed by atoms with Crippen molar-refractivity contribution in [1.29, 1.82) is 0 Å². The molecular formula is C28H36N4O8. The molecule has 0 aliphatic rings. The monoisotopic (exact) mass is 556 g/mol. The molecule has 0 saturated heterocycles. The molecule has 12 heteroatoms. The number of benzene rings is 2. The molecule has 0 aromatic heterocycles. The second-order valence-electron chi connectivity index (χ2n) is 9.78. The van der Waals surface area contributed by atoms with Crippen LogP contribution >= 0.6 is 0 Å². The maximum atomic E-state index is 13.3. The van der Waals surface area contributed by atoms with Crippen LogP contribution in [0.1, 0.15) is 37.8 Å². The minimum absolute atomic E-state index is 0.00388. The first-order valence-electron chi connectivity index (χ1n) is 12.8. The van der Waals surface area contributed by atoms with E-state index >= 15 is 0 Å². The molecule has 4 unspecified atom stereocenters. The lowest BCUT2D eigenvalue weighted by Gasteiger charge is -2.26. The van der Waals surface area contributed by atoms with Gasteiger partial charge in [0.2, 0.25) is 17.7 Å². The van der Waals surface area contributed by atoms with E-state index in [-0.39, 0.29) is 30.9 Å². The third-order valence-electron chi connectivity index (χ3n) is 6.21. The van der Waals surface area contributed by atoms with Gasteiger partial charge in [-0.05, 0) is 35.6 Å². The molecule has 0 bridgehead atoms. The van der Waals surface area contributed by atoms with Crippen molar-refractivity contribution in [3.63, 3.8) is 0 Å². The van der Waals surface area contributed by atoms with Crippen LogP contribution < -0.4 is 21.7 Å². The molecule has 216 valence electrons. The van der Waals surface area contributed by atoms with Crippen molar-refractivity contribution in [2.24, 2.45) is 11.7 Å². The average Bonchev–Trinajstić information content (AvgIpc) is 2.90. The maximum absolute atomic E-state index is 13.3. The molecule has 8 N–H and O–H groups in total. The molecule has 0 radical (unpaired) electrons. The lowest BCUT2D eigenvalue weighted by Crippen LogP contribution is -2.58. The zero-order valence-electron chi connectivity index (χ0n) is 22.4. The van der Waals surface area contributed by atoms with Crippen LogP contribution in [0.2, 0.25) is 0 Å². The molecule has 3 amide bonds. The number of carbonyl (C=O) groups excluding carboxylic acids is 3. The van der Waals surface area contributed by atoms with E-state index < -0.39 is 60.2 Å². The Bertz CT molecular complexity index is 1170. The fourth-order valence-electron chi connectivity index (χ4n) is 3.78. The molecule has 0 aliphatic carbocycles. The predicted molar refractivity (Wildman–Crippen MR) is 145 cm³/mol. The third-order valence-corrected chi connectivity index (χ3v) is 6.21. The number of aromatic hydroxyl groups is 1. The summed E-state index contributed by atoms with van der Waals surface area (Å²) < 4.78 is 0. The summed E-state index contributed by atoms with van der Waals surface area (Å²) >= 11 is 0. The topological polar surface area (TPSA) is 208 Å². The van der Waals surface area contributed by atoms with Gasteiger partial charge in [-0.2, -0.15) is 0 Å². The van der Waals surface area contributed by atoms with E-state index in [4.69, 9.17) is 10.8 Å². The van der Waals surface area contributed by atoms with Gasteiger partial charge < -0.3 is 37.0 Å². The standard InChI is InChI=1S/C28H36N4O8/c1-16(2)24(29)27(38)30-20(12-13-23(34)35)25(36)31-21(14-17-6-4-3-5-7-17)26(37)32-22(28(39)40)15-18-8-10-19(33)11-9-18/h3-11,16,20-22,24,33H,12-15,29H2,1-2H3,(H,30,38)(H,31,36)(H,32,37)(H,34,35)(H,39,40). The Labute approximate surface area is 232 Å². The summed E-state index contributed by atoms with van der Waals surface area (Å²) in [6.45, 7) is 3.43. The fraction of sp³-hybridized carbons (Fsp3) is 0.393. The number of hydrogen-bond donors (Lipinski definition) is 7. The van der Waals surface area contributed by atoms with Gasteiger partial charge in [0.05, 0.1) is 6.04 Å². The van der Waals surface area contributed by atoms with E-state index in [0.717, 1.165) is 0 Å². The van der Waals surface area contributed by atoms with Gasteiger partial charge in [0.1, 0.15) is 23.9 Å². The number of phenols is 1. The lowest BCUT2D eigenvalue weighted by atomic mass is 10.0. The third kappa shape index (κ3) is 10.4. The Balaban J connectivity index is 2.27. The summed E-state index contributed by atoms with van der Waals surface area (Å²) in [6.07, 6.45) is -0.776. The van der Waals surface area contributed by atoms with Gasteiger partial charge in [0, 0.05) is 19.3 Å². The van der Waals surface area contributed by atoms with Crippen LogP contribution in [-0.4, -0.2) is 69.1 Å². The molecule has 0 aliphatic heterocycles. The molecule has 2 aromatic carbocycles. The molecule has 2 aromatic rings. The molecular weight excluding hydrogens is 520 g/mol. The molecule has 12 nitrogen and oxygen atoms in total. The quantitative estimate of drug-likeness (QED) is 0.163. The highest BCUT2D eigenvalue weighted by Gasteiger charge is 2.31. The summed E-state index contributed by atoms with van der Waals surface area (Å²) in [7, 11) is 0. The van der Waals surface area contributed by atoms with Gasteiger partial charge in [-0.1, -0.05) is 56.3 Å². The Morgan fingerprint density at radius 1 is 0.725 bits per heavy atom. The van der Waals surface area contributed by atoms with Crippen molar-refractivity contribution in [3.8, 4) is 5.75 Å². The molecule has 0 saturated carbocycles. The van der Waals surface area contributed by atoms with E-state index in [9.17, 15) is 34.2 Å². The number of rotatable bonds is 15. The van der Waals surface area contributed by atoms with Crippen molar-refractivity contribution in [2.45, 2.75) is 63.7 Å². The summed E-state index contributed by atoms with van der Waals surface area (Å²) in [5.41, 5.74) is 7.09. The number of amides is 3. The normalized spacial score (nSPS) is 13.9. The zero-order valence-corrected chi connectivity index (χ0v) is 22.4. The first kappa shape index (κ1) is 31.8. The van der Waals surface area contributed by atoms with Gasteiger partial charge in [0.25, 0.3) is 0 Å². The van der Waals surface area contributed by atoms with Crippen LogP contribution in [0, 0.1) is 5.92 Å². The second-order valence-corrected chi connectivity index (χ2v) is 9.78. The Kier molecular flexibility index (Phi) is 12.1. The van der Waals surface area contributed by atoms with Crippen molar-refractivity contribution in [3.05, 3.63) is 65.7 Å². The van der Waals surface area contributed by atoms with Crippen molar-refractivity contribution in [2.75, 3.05) is 0 Å². The smallest absolute Gasteiger partial charge is 0.326 e. The van der Waals surface area contributed by atoms with Gasteiger partial charge >= 0.3 is 11.9 Å². The van der Waals surface area contributed by atoms with Gasteiger partial charge in [-0.25, -0.2) is 4.79 Å². The number of carbonyl (C=O) groups is 5. The molecule has 4 atom stereocenters. The van der Waals surface area contributed by atoms with Gasteiger partial charge in [-0.3, -0.25) is 19.2 Å². The second kappa shape index (κ2) is 15.2. The Morgan fingerprint density at radius 2 is 1.23 bits per heavy atom. The Hall–Kier alpha value is -4.45. The molecule has 2 rings (SSSR count). The summed E-state index contributed by atoms with van der Waals surface area (Å²) in [5, 5.41) is 35.8. The van der Waals surface area contributed by atoms with Crippen LogP contribution in [0.5, 0.6) is 5.75 Å². The molecule has 40 heavy (non-hydrogen) atoms. The Morgan fingerprint density at radius 3 is 1.77 bits per heavy atom. The number of nitrogens with two attached hydrogens (primary N) is 1. The highest BCUT2D eigenvalue weighted by molar-refractivity contribution is 5.94. The van der Waals surface area contributed by atoms with Gasteiger partial charge in [-0.15, -0.1) is 0 Å². The number of carboxylic acids is 2. The fourth-order valence-corrected chi connectivity index (χ4v) is 3.78. The maximum Gasteiger partial charge on any atom is 0.326 e. The lowest BCUT2D eigenvalue weighted by molar-refractivity contribution is -0.142. The van der Waals surface area contributed by atoms with Crippen molar-refractivity contribution < 1.29 is 39.3 Å². The zero-order chi connectivity index (χ0) is 29.8. The van der Waals surface area contributed by atoms with E-state index in [2.05, 4.69) is 16.0 Å². The van der Waals surface area contributed by atoms with Crippen molar-refractivity contribution >= 4 is 29.7 Å². The van der Waals surface area contributed by atoms with E-state index in [0.29, 0.717) is 11.1 Å². The van der Waals surface area contributed by atoms with Crippen LogP contribution in [0.15, 0.2) is 54.6 Å². The number of hydrogen-bond acceptors (Lipinski definition) is 7. The number of carboxylic acid groups (broad SMARTS) is 2. The minimum Gasteiger partial charge on any atom is -0.508 e. The molecule has 0 spiro atoms.